The lowest BCUT2D eigenvalue weighted by Gasteiger charge is -2.49. The van der Waals surface area contributed by atoms with Crippen LogP contribution in [-0.4, -0.2) is 34.4 Å². The Morgan fingerprint density at radius 1 is 1.23 bits per heavy atom. The molecule has 1 saturated heterocycles. The van der Waals surface area contributed by atoms with Crippen molar-refractivity contribution in [2.24, 2.45) is 11.3 Å². The lowest BCUT2D eigenvalue weighted by atomic mass is 9.68. The number of hydrogen-bond acceptors (Lipinski definition) is 5. The smallest absolute Gasteiger partial charge is 0.315 e. The number of esters is 2. The summed E-state index contributed by atoms with van der Waals surface area (Å²) >= 11 is 0. The molecule has 124 valence electrons. The molecule has 1 aliphatic heterocycles. The van der Waals surface area contributed by atoms with Crippen LogP contribution in [0.25, 0.3) is 0 Å². The van der Waals surface area contributed by atoms with Gasteiger partial charge in [0.15, 0.2) is 0 Å². The normalized spacial score (nSPS) is 41.1. The highest BCUT2D eigenvalue weighted by atomic mass is 16.6. The molecule has 0 unspecified atom stereocenters. The van der Waals surface area contributed by atoms with E-state index in [0.717, 1.165) is 25.7 Å². The average Bonchev–Trinajstić information content (AvgIpc) is 3.00. The summed E-state index contributed by atoms with van der Waals surface area (Å²) < 4.78 is 11.1. The maximum Gasteiger partial charge on any atom is 0.315 e. The van der Waals surface area contributed by atoms with Crippen LogP contribution in [-0.2, 0) is 19.1 Å². The first kappa shape index (κ1) is 15.8. The Bertz CT molecular complexity index is 493. The third kappa shape index (κ3) is 2.25. The molecule has 0 amide bonds. The molecule has 5 heteroatoms. The second-order valence-electron chi connectivity index (χ2n) is 8.03. The summed E-state index contributed by atoms with van der Waals surface area (Å²) in [7, 11) is 0. The van der Waals surface area contributed by atoms with Gasteiger partial charge in [0, 0.05) is 6.42 Å². The number of hydrogen-bond donors (Lipinski definition) is 1. The number of carbonyl (C=O) groups excluding carboxylic acids is 2. The first-order valence-electron chi connectivity index (χ1n) is 8.34. The molecule has 0 bridgehead atoms. The van der Waals surface area contributed by atoms with Gasteiger partial charge in [-0.2, -0.15) is 0 Å². The Morgan fingerprint density at radius 3 is 2.50 bits per heavy atom. The molecule has 0 aromatic carbocycles. The lowest BCUT2D eigenvalue weighted by Crippen LogP contribution is -2.63. The minimum Gasteiger partial charge on any atom is -0.459 e. The molecule has 3 atom stereocenters. The van der Waals surface area contributed by atoms with Gasteiger partial charge >= 0.3 is 11.9 Å². The Balaban J connectivity index is 1.81. The van der Waals surface area contributed by atoms with E-state index in [1.807, 2.05) is 0 Å². The van der Waals surface area contributed by atoms with Crippen molar-refractivity contribution in [2.75, 3.05) is 0 Å². The maximum atomic E-state index is 12.4. The zero-order valence-electron chi connectivity index (χ0n) is 13.7. The van der Waals surface area contributed by atoms with Crippen LogP contribution in [0, 0.1) is 11.3 Å². The summed E-state index contributed by atoms with van der Waals surface area (Å²) in [6, 6.07) is 0. The minimum absolute atomic E-state index is 0.0426. The van der Waals surface area contributed by atoms with Gasteiger partial charge in [0.2, 0.25) is 0 Å². The number of carbonyl (C=O) groups is 2. The summed E-state index contributed by atoms with van der Waals surface area (Å²) in [5.74, 6) is -0.637. The first-order valence-corrected chi connectivity index (χ1v) is 8.34. The fourth-order valence-corrected chi connectivity index (χ4v) is 4.42. The van der Waals surface area contributed by atoms with Crippen LogP contribution in [0.2, 0.25) is 0 Å². The highest BCUT2D eigenvalue weighted by Crippen LogP contribution is 2.55. The number of cyclic esters (lactones) is 1. The standard InChI is InChI=1S/C17H26O5/c1-15(2)10-17(20)12(8-9-16(17,3)14(19)22-15)21-13(18)11-6-4-5-7-11/h11-12,20H,4-10H2,1-3H3/t12-,16+,17-/m1/s1. The van der Waals surface area contributed by atoms with E-state index in [2.05, 4.69) is 0 Å². The first-order chi connectivity index (χ1) is 10.2. The van der Waals surface area contributed by atoms with E-state index in [9.17, 15) is 14.7 Å². The largest absolute Gasteiger partial charge is 0.459 e. The van der Waals surface area contributed by atoms with Gasteiger partial charge < -0.3 is 14.6 Å². The van der Waals surface area contributed by atoms with E-state index in [1.54, 1.807) is 20.8 Å². The van der Waals surface area contributed by atoms with Gasteiger partial charge in [-0.15, -0.1) is 0 Å². The molecular formula is C17H26O5. The highest BCUT2D eigenvalue weighted by molar-refractivity contribution is 5.81. The van der Waals surface area contributed by atoms with E-state index >= 15 is 0 Å². The van der Waals surface area contributed by atoms with E-state index in [-0.39, 0.29) is 17.9 Å². The second kappa shape index (κ2) is 4.95. The molecule has 1 N–H and O–H groups in total. The van der Waals surface area contributed by atoms with Crippen molar-refractivity contribution in [2.45, 2.75) is 83.0 Å². The molecule has 5 nitrogen and oxygen atoms in total. The SMILES string of the molecule is CC1(C)C[C@@]2(O)[C@H](OC(=O)C3CCCC3)CC[C@@]2(C)C(=O)O1. The van der Waals surface area contributed by atoms with Crippen LogP contribution in [0.5, 0.6) is 0 Å². The maximum absolute atomic E-state index is 12.4. The molecule has 0 aromatic heterocycles. The van der Waals surface area contributed by atoms with Gasteiger partial charge in [0.1, 0.15) is 17.3 Å². The zero-order chi connectivity index (χ0) is 16.2. The number of aliphatic hydroxyl groups is 1. The molecule has 3 aliphatic rings. The highest BCUT2D eigenvalue weighted by Gasteiger charge is 2.68. The Labute approximate surface area is 131 Å². The van der Waals surface area contributed by atoms with Crippen molar-refractivity contribution >= 4 is 11.9 Å². The predicted molar refractivity (Wildman–Crippen MR) is 78.9 cm³/mol. The van der Waals surface area contributed by atoms with Crippen LogP contribution in [0.3, 0.4) is 0 Å². The van der Waals surface area contributed by atoms with Crippen LogP contribution in [0.4, 0.5) is 0 Å². The average molecular weight is 310 g/mol. The van der Waals surface area contributed by atoms with Gasteiger partial charge in [0.05, 0.1) is 11.3 Å². The summed E-state index contributed by atoms with van der Waals surface area (Å²) in [5.41, 5.74) is -3.06. The van der Waals surface area contributed by atoms with Crippen LogP contribution in [0.15, 0.2) is 0 Å². The topological polar surface area (TPSA) is 72.8 Å². The van der Waals surface area contributed by atoms with E-state index in [0.29, 0.717) is 19.3 Å². The monoisotopic (exact) mass is 310 g/mol. The second-order valence-corrected chi connectivity index (χ2v) is 8.03. The van der Waals surface area contributed by atoms with E-state index < -0.39 is 22.7 Å². The fraction of sp³-hybridized carbons (Fsp3) is 0.882. The third-order valence-corrected chi connectivity index (χ3v) is 5.86. The summed E-state index contributed by atoms with van der Waals surface area (Å²) in [6.07, 6.45) is 4.54. The molecule has 2 saturated carbocycles. The van der Waals surface area contributed by atoms with Gasteiger partial charge in [-0.05, 0) is 46.5 Å². The Kier molecular flexibility index (Phi) is 3.55. The van der Waals surface area contributed by atoms with Crippen molar-refractivity contribution in [3.63, 3.8) is 0 Å². The molecular weight excluding hydrogens is 284 g/mol. The zero-order valence-corrected chi connectivity index (χ0v) is 13.7. The third-order valence-electron chi connectivity index (χ3n) is 5.86. The summed E-state index contributed by atoms with van der Waals surface area (Å²) in [5, 5.41) is 11.2. The van der Waals surface area contributed by atoms with Crippen LogP contribution >= 0.6 is 0 Å². The van der Waals surface area contributed by atoms with Crippen LogP contribution < -0.4 is 0 Å². The van der Waals surface area contributed by atoms with E-state index in [4.69, 9.17) is 9.47 Å². The molecule has 0 radical (unpaired) electrons. The Morgan fingerprint density at radius 2 is 1.86 bits per heavy atom. The number of ether oxygens (including phenoxy) is 2. The van der Waals surface area contributed by atoms with Crippen LogP contribution in [0.1, 0.15) is 65.7 Å². The molecule has 22 heavy (non-hydrogen) atoms. The van der Waals surface area contributed by atoms with Gasteiger partial charge in [-0.3, -0.25) is 9.59 Å². The van der Waals surface area contributed by atoms with E-state index in [1.165, 1.54) is 0 Å². The molecule has 3 fully saturated rings. The fourth-order valence-electron chi connectivity index (χ4n) is 4.42. The molecule has 2 aliphatic carbocycles. The predicted octanol–water partition coefficient (Wildman–Crippen LogP) is 2.35. The van der Waals surface area contributed by atoms with Gasteiger partial charge in [0.25, 0.3) is 0 Å². The summed E-state index contributed by atoms with van der Waals surface area (Å²) in [4.78, 5) is 24.7. The minimum atomic E-state index is -1.33. The summed E-state index contributed by atoms with van der Waals surface area (Å²) in [6.45, 7) is 5.31. The molecule has 3 rings (SSSR count). The molecule has 0 aromatic rings. The molecule has 1 heterocycles. The quantitative estimate of drug-likeness (QED) is 0.793. The van der Waals surface area contributed by atoms with Gasteiger partial charge in [-0.25, -0.2) is 0 Å². The number of rotatable bonds is 2. The van der Waals surface area contributed by atoms with Gasteiger partial charge in [-0.1, -0.05) is 12.8 Å². The molecule has 0 spiro atoms. The Hall–Kier alpha value is -1.10. The van der Waals surface area contributed by atoms with Crippen molar-refractivity contribution in [1.29, 1.82) is 0 Å². The van der Waals surface area contributed by atoms with Crippen molar-refractivity contribution < 1.29 is 24.2 Å². The van der Waals surface area contributed by atoms with Crippen molar-refractivity contribution in [3.05, 3.63) is 0 Å². The van der Waals surface area contributed by atoms with Crippen molar-refractivity contribution in [3.8, 4) is 0 Å². The lowest BCUT2D eigenvalue weighted by molar-refractivity contribution is -0.232. The van der Waals surface area contributed by atoms with Crippen molar-refractivity contribution in [1.82, 2.24) is 0 Å². The number of fused-ring (bicyclic) bond motifs is 1.